The van der Waals surface area contributed by atoms with Crippen LogP contribution in [0, 0.1) is 0 Å². The number of halogens is 1. The van der Waals surface area contributed by atoms with Crippen molar-refractivity contribution < 1.29 is 9.59 Å². The number of likely N-dealkylation sites (N-methyl/N-ethyl adjacent to an activating group) is 1. The third-order valence-corrected chi connectivity index (χ3v) is 5.67. The molecule has 1 aliphatic heterocycles. The summed E-state index contributed by atoms with van der Waals surface area (Å²) in [6.45, 7) is 0.572. The second-order valence-corrected chi connectivity index (χ2v) is 8.18. The van der Waals surface area contributed by atoms with E-state index in [1.165, 1.54) is 4.90 Å². The number of hydrogen-bond acceptors (Lipinski definition) is 4. The predicted octanol–water partition coefficient (Wildman–Crippen LogP) is 3.49. The Morgan fingerprint density at radius 2 is 1.90 bits per heavy atom. The summed E-state index contributed by atoms with van der Waals surface area (Å²) >= 11 is 5.85. The van der Waals surface area contributed by atoms with Gasteiger partial charge in [0.25, 0.3) is 11.5 Å². The highest BCUT2D eigenvalue weighted by molar-refractivity contribution is 6.30. The van der Waals surface area contributed by atoms with E-state index in [9.17, 15) is 14.4 Å². The number of nitrogens with zero attached hydrogens (tertiary/aromatic N) is 3. The van der Waals surface area contributed by atoms with E-state index in [0.717, 1.165) is 31.5 Å². The molecule has 8 heteroatoms. The number of fused-ring (bicyclic) bond motifs is 2. The Morgan fingerprint density at radius 3 is 2.68 bits per heavy atom. The summed E-state index contributed by atoms with van der Waals surface area (Å²) in [6.07, 6.45) is 3.81. The second-order valence-electron chi connectivity index (χ2n) is 7.74. The first kappa shape index (κ1) is 21.1. The molecule has 4 rings (SSSR count). The fraction of sp³-hybridized carbons (Fsp3) is 0.304. The van der Waals surface area contributed by atoms with E-state index in [1.807, 2.05) is 0 Å². The van der Waals surface area contributed by atoms with E-state index in [4.69, 9.17) is 11.6 Å². The molecule has 0 bridgehead atoms. The molecule has 160 valence electrons. The van der Waals surface area contributed by atoms with E-state index in [-0.39, 0.29) is 23.9 Å². The molecule has 2 heterocycles. The summed E-state index contributed by atoms with van der Waals surface area (Å²) in [5, 5.41) is 3.82. The first-order valence-corrected chi connectivity index (χ1v) is 10.6. The van der Waals surface area contributed by atoms with Crippen LogP contribution in [-0.2, 0) is 17.8 Å². The lowest BCUT2D eigenvalue weighted by Crippen LogP contribution is -2.35. The molecule has 0 saturated carbocycles. The van der Waals surface area contributed by atoms with Crippen LogP contribution in [0.25, 0.3) is 10.9 Å². The molecule has 1 aromatic heterocycles. The van der Waals surface area contributed by atoms with E-state index in [2.05, 4.69) is 10.3 Å². The van der Waals surface area contributed by atoms with Crippen LogP contribution in [-0.4, -0.2) is 39.9 Å². The zero-order valence-corrected chi connectivity index (χ0v) is 18.0. The Bertz CT molecular complexity index is 1200. The number of nitrogens with one attached hydrogen (secondary N) is 1. The maximum atomic E-state index is 12.9. The molecule has 31 heavy (non-hydrogen) atoms. The normalized spacial score (nSPS) is 13.4. The molecule has 0 spiro atoms. The predicted molar refractivity (Wildman–Crippen MR) is 121 cm³/mol. The van der Waals surface area contributed by atoms with Crippen LogP contribution in [0.3, 0.4) is 0 Å². The van der Waals surface area contributed by atoms with Crippen LogP contribution in [0.4, 0.5) is 5.69 Å². The molecular weight excluding hydrogens is 416 g/mol. The largest absolute Gasteiger partial charge is 0.332 e. The number of amides is 2. The van der Waals surface area contributed by atoms with Crippen molar-refractivity contribution in [2.24, 2.45) is 0 Å². The van der Waals surface area contributed by atoms with Gasteiger partial charge >= 0.3 is 0 Å². The monoisotopic (exact) mass is 438 g/mol. The summed E-state index contributed by atoms with van der Waals surface area (Å²) in [4.78, 5) is 44.0. The van der Waals surface area contributed by atoms with E-state index < -0.39 is 0 Å². The smallest absolute Gasteiger partial charge is 0.261 e. The van der Waals surface area contributed by atoms with Crippen molar-refractivity contribution in [3.63, 3.8) is 0 Å². The lowest BCUT2D eigenvalue weighted by Gasteiger charge is -2.17. The summed E-state index contributed by atoms with van der Waals surface area (Å²) in [7, 11) is 1.56. The van der Waals surface area contributed by atoms with Crippen molar-refractivity contribution in [1.82, 2.24) is 14.5 Å². The fourth-order valence-electron chi connectivity index (χ4n) is 3.79. The zero-order valence-electron chi connectivity index (χ0n) is 17.2. The van der Waals surface area contributed by atoms with Crippen LogP contribution in [0.1, 0.15) is 35.4 Å². The molecule has 1 N–H and O–H groups in total. The molecule has 0 fully saturated rings. The first-order valence-electron chi connectivity index (χ1n) is 10.3. The highest BCUT2D eigenvalue weighted by Gasteiger charge is 2.18. The third kappa shape index (κ3) is 4.61. The molecule has 1 aliphatic rings. The molecular formula is C23H23ClN4O3. The Balaban J connectivity index is 1.52. The average Bonchev–Trinajstić information content (AvgIpc) is 3.00. The van der Waals surface area contributed by atoms with Crippen LogP contribution >= 0.6 is 11.6 Å². The topological polar surface area (TPSA) is 84.3 Å². The van der Waals surface area contributed by atoms with Gasteiger partial charge in [-0.25, -0.2) is 4.98 Å². The minimum Gasteiger partial charge on any atom is -0.332 e. The lowest BCUT2D eigenvalue weighted by atomic mass is 10.1. The first-order chi connectivity index (χ1) is 14.9. The third-order valence-electron chi connectivity index (χ3n) is 5.42. The average molecular weight is 439 g/mol. The number of hydrogen-bond donors (Lipinski definition) is 1. The van der Waals surface area contributed by atoms with Crippen LogP contribution < -0.4 is 10.9 Å². The molecule has 7 nitrogen and oxygen atoms in total. The molecule has 0 saturated heterocycles. The second kappa shape index (κ2) is 8.89. The molecule has 2 aromatic carbocycles. The number of aromatic nitrogens is 2. The summed E-state index contributed by atoms with van der Waals surface area (Å²) < 4.78 is 1.75. The van der Waals surface area contributed by atoms with E-state index in [1.54, 1.807) is 54.1 Å². The maximum absolute atomic E-state index is 12.9. The Labute approximate surface area is 184 Å². The summed E-state index contributed by atoms with van der Waals surface area (Å²) in [5.74, 6) is 0.140. The van der Waals surface area contributed by atoms with Gasteiger partial charge in [-0.05, 0) is 55.3 Å². The Morgan fingerprint density at radius 1 is 1.13 bits per heavy atom. The van der Waals surface area contributed by atoms with Gasteiger partial charge in [-0.15, -0.1) is 0 Å². The van der Waals surface area contributed by atoms with Crippen molar-refractivity contribution in [2.75, 3.05) is 18.9 Å². The van der Waals surface area contributed by atoms with E-state index in [0.29, 0.717) is 33.7 Å². The molecule has 0 unspecified atom stereocenters. The molecule has 0 radical (unpaired) electrons. The van der Waals surface area contributed by atoms with Crippen molar-refractivity contribution in [3.8, 4) is 0 Å². The van der Waals surface area contributed by atoms with Gasteiger partial charge in [0.05, 0.1) is 17.4 Å². The van der Waals surface area contributed by atoms with Crippen molar-refractivity contribution in [3.05, 3.63) is 69.2 Å². The standard InChI is InChI=1S/C23H23ClN4O3/c1-27(14-21(29)25-17-9-7-16(24)8-10-17)22(30)15-6-11-18-19(13-15)26-20-5-3-2-4-12-28(20)23(18)31/h6-11,13H,2-5,12,14H2,1H3,(H,25,29). The number of carbonyl (C=O) groups excluding carboxylic acids is 2. The maximum Gasteiger partial charge on any atom is 0.261 e. The quantitative estimate of drug-likeness (QED) is 0.675. The van der Waals surface area contributed by atoms with Crippen molar-refractivity contribution in [2.45, 2.75) is 32.2 Å². The van der Waals surface area contributed by atoms with Crippen LogP contribution in [0.15, 0.2) is 47.3 Å². The van der Waals surface area contributed by atoms with Crippen molar-refractivity contribution in [1.29, 1.82) is 0 Å². The number of benzene rings is 2. The van der Waals surface area contributed by atoms with Crippen LogP contribution in [0.2, 0.25) is 5.02 Å². The van der Waals surface area contributed by atoms with Gasteiger partial charge in [-0.2, -0.15) is 0 Å². The van der Waals surface area contributed by atoms with Gasteiger partial charge in [0.1, 0.15) is 5.82 Å². The SMILES string of the molecule is CN(CC(=O)Nc1ccc(Cl)cc1)C(=O)c1ccc2c(=O)n3c(nc2c1)CCCCC3. The van der Waals surface area contributed by atoms with Gasteiger partial charge in [-0.1, -0.05) is 18.0 Å². The Hall–Kier alpha value is -3.19. The number of carbonyl (C=O) groups is 2. The highest BCUT2D eigenvalue weighted by Crippen LogP contribution is 2.17. The van der Waals surface area contributed by atoms with Gasteiger partial charge in [-0.3, -0.25) is 19.0 Å². The molecule has 3 aromatic rings. The molecule has 2 amide bonds. The van der Waals surface area contributed by atoms with Gasteiger partial charge < -0.3 is 10.2 Å². The molecule has 0 atom stereocenters. The number of rotatable bonds is 4. The van der Waals surface area contributed by atoms with Crippen molar-refractivity contribution >= 4 is 40.0 Å². The van der Waals surface area contributed by atoms with Crippen LogP contribution in [0.5, 0.6) is 0 Å². The van der Waals surface area contributed by atoms with Gasteiger partial charge in [0.2, 0.25) is 5.91 Å². The fourth-order valence-corrected chi connectivity index (χ4v) is 3.92. The minimum absolute atomic E-state index is 0.0587. The zero-order chi connectivity index (χ0) is 22.0. The summed E-state index contributed by atoms with van der Waals surface area (Å²) in [5.41, 5.74) is 1.45. The molecule has 0 aliphatic carbocycles. The number of aryl methyl sites for hydroxylation is 1. The van der Waals surface area contributed by atoms with E-state index >= 15 is 0 Å². The Kier molecular flexibility index (Phi) is 6.04. The highest BCUT2D eigenvalue weighted by atomic mass is 35.5. The lowest BCUT2D eigenvalue weighted by molar-refractivity contribution is -0.116. The number of anilines is 1. The van der Waals surface area contributed by atoms with Gasteiger partial charge in [0, 0.05) is 36.3 Å². The minimum atomic E-state index is -0.319. The van der Waals surface area contributed by atoms with Gasteiger partial charge in [0.15, 0.2) is 0 Å². The summed E-state index contributed by atoms with van der Waals surface area (Å²) in [6, 6.07) is 11.6.